The van der Waals surface area contributed by atoms with E-state index in [4.69, 9.17) is 44.3 Å². The van der Waals surface area contributed by atoms with Crippen molar-refractivity contribution in [1.29, 1.82) is 0 Å². The minimum atomic E-state index is -1.82. The third-order valence-corrected chi connectivity index (χ3v) is 8.07. The fraction of sp³-hybridized carbons (Fsp3) is 0.469. The molecule has 2 aromatic rings. The third-order valence-electron chi connectivity index (χ3n) is 8.07. The van der Waals surface area contributed by atoms with Gasteiger partial charge in [0.25, 0.3) is 5.91 Å². The van der Waals surface area contributed by atoms with Gasteiger partial charge >= 0.3 is 23.9 Å². The lowest BCUT2D eigenvalue weighted by molar-refractivity contribution is -0.159. The first-order chi connectivity index (χ1) is 21.5. The number of carbonyl (C=O) groups excluding carboxylic acids is 1. The molecular weight excluding hydrogens is 586 g/mol. The molecule has 2 atom stereocenters. The van der Waals surface area contributed by atoms with Crippen LogP contribution in [0.15, 0.2) is 54.6 Å². The Morgan fingerprint density at radius 2 is 1.22 bits per heavy atom. The summed E-state index contributed by atoms with van der Waals surface area (Å²) in [5, 5.41) is 29.6. The molecule has 1 amide bonds. The summed E-state index contributed by atoms with van der Waals surface area (Å²) >= 11 is 0. The number of carboxylic acids is 4. The van der Waals surface area contributed by atoms with E-state index in [1.54, 1.807) is 0 Å². The summed E-state index contributed by atoms with van der Waals surface area (Å²) in [7, 11) is 0. The molecule has 2 heterocycles. The first-order valence-corrected chi connectivity index (χ1v) is 15.0. The maximum Gasteiger partial charge on any atom is 0.414 e. The summed E-state index contributed by atoms with van der Waals surface area (Å²) in [4.78, 5) is 56.3. The first kappa shape index (κ1) is 35.0. The molecule has 2 saturated heterocycles. The van der Waals surface area contributed by atoms with Crippen molar-refractivity contribution in [3.05, 3.63) is 65.7 Å². The molecule has 0 spiro atoms. The van der Waals surface area contributed by atoms with E-state index in [1.165, 1.54) is 37.9 Å². The molecule has 45 heavy (non-hydrogen) atoms. The molecule has 3 aliphatic rings. The number of carbonyl (C=O) groups is 5. The van der Waals surface area contributed by atoms with Gasteiger partial charge in [0.05, 0.1) is 6.61 Å². The number of nitrogens with zero attached hydrogens (tertiary/aromatic N) is 3. The third kappa shape index (κ3) is 11.8. The molecule has 13 heteroatoms. The van der Waals surface area contributed by atoms with Gasteiger partial charge in [-0.25, -0.2) is 19.2 Å². The molecule has 2 unspecified atom stereocenters. The van der Waals surface area contributed by atoms with Crippen molar-refractivity contribution in [1.82, 2.24) is 14.7 Å². The topological polar surface area (TPSA) is 185 Å². The molecular formula is C32H41N3O10. The summed E-state index contributed by atoms with van der Waals surface area (Å²) in [6.45, 7) is 8.81. The van der Waals surface area contributed by atoms with Gasteiger partial charge in [0, 0.05) is 57.9 Å². The molecule has 3 fully saturated rings. The maximum atomic E-state index is 12.9. The van der Waals surface area contributed by atoms with E-state index in [-0.39, 0.29) is 5.91 Å². The van der Waals surface area contributed by atoms with Crippen molar-refractivity contribution in [2.24, 2.45) is 11.8 Å². The number of fused-ring (bicyclic) bond motifs is 1. The van der Waals surface area contributed by atoms with Crippen molar-refractivity contribution < 1.29 is 49.1 Å². The van der Waals surface area contributed by atoms with E-state index < -0.39 is 23.9 Å². The number of benzene rings is 2. The Balaban J connectivity index is 0.000000392. The zero-order valence-electron chi connectivity index (χ0n) is 25.1. The number of amides is 1. The second kappa shape index (κ2) is 17.7. The van der Waals surface area contributed by atoms with E-state index in [9.17, 15) is 4.79 Å². The lowest BCUT2D eigenvalue weighted by Gasteiger charge is -2.34. The van der Waals surface area contributed by atoms with Crippen molar-refractivity contribution in [2.45, 2.75) is 32.2 Å². The van der Waals surface area contributed by atoms with Crippen LogP contribution in [0.5, 0.6) is 5.75 Å². The Morgan fingerprint density at radius 3 is 1.73 bits per heavy atom. The monoisotopic (exact) mass is 627 g/mol. The molecule has 0 aromatic heterocycles. The molecule has 2 aromatic carbocycles. The van der Waals surface area contributed by atoms with E-state index in [0.717, 1.165) is 75.4 Å². The minimum Gasteiger partial charge on any atom is -0.494 e. The lowest BCUT2D eigenvalue weighted by Crippen LogP contribution is -2.48. The number of aliphatic carboxylic acids is 4. The molecule has 5 rings (SSSR count). The number of hydrogen-bond acceptors (Lipinski definition) is 8. The summed E-state index contributed by atoms with van der Waals surface area (Å²) in [5.41, 5.74) is 2.08. The first-order valence-electron chi connectivity index (χ1n) is 15.0. The van der Waals surface area contributed by atoms with Gasteiger partial charge in [-0.15, -0.1) is 0 Å². The Hall–Kier alpha value is -4.49. The summed E-state index contributed by atoms with van der Waals surface area (Å²) in [6.07, 6.45) is 5.38. The second-order valence-electron chi connectivity index (χ2n) is 11.2. The highest BCUT2D eigenvalue weighted by atomic mass is 16.5. The number of carboxylic acid groups (broad SMARTS) is 4. The fourth-order valence-corrected chi connectivity index (χ4v) is 5.82. The smallest absolute Gasteiger partial charge is 0.414 e. The van der Waals surface area contributed by atoms with Gasteiger partial charge in [-0.05, 0) is 60.9 Å². The molecule has 0 radical (unpaired) electrons. The molecule has 0 bridgehead atoms. The van der Waals surface area contributed by atoms with Crippen LogP contribution in [0.1, 0.15) is 41.6 Å². The van der Waals surface area contributed by atoms with Crippen molar-refractivity contribution in [3.63, 3.8) is 0 Å². The van der Waals surface area contributed by atoms with Gasteiger partial charge in [0.2, 0.25) is 0 Å². The molecule has 1 saturated carbocycles. The van der Waals surface area contributed by atoms with Gasteiger partial charge in [-0.2, -0.15) is 0 Å². The van der Waals surface area contributed by atoms with Crippen molar-refractivity contribution in [2.75, 3.05) is 52.4 Å². The van der Waals surface area contributed by atoms with Gasteiger partial charge in [-0.3, -0.25) is 9.69 Å². The minimum absolute atomic E-state index is 0.125. The lowest BCUT2D eigenvalue weighted by atomic mass is 10.0. The Labute approximate surface area is 261 Å². The van der Waals surface area contributed by atoms with Gasteiger partial charge in [0.15, 0.2) is 0 Å². The van der Waals surface area contributed by atoms with Crippen molar-refractivity contribution >= 4 is 29.8 Å². The number of likely N-dealkylation sites (tertiary alicyclic amines) is 1. The zero-order chi connectivity index (χ0) is 32.8. The van der Waals surface area contributed by atoms with Crippen LogP contribution >= 0.6 is 0 Å². The quantitative estimate of drug-likeness (QED) is 0.248. The van der Waals surface area contributed by atoms with E-state index in [0.29, 0.717) is 0 Å². The van der Waals surface area contributed by atoms with E-state index in [2.05, 4.69) is 40.1 Å². The van der Waals surface area contributed by atoms with Crippen LogP contribution in [0.25, 0.3) is 0 Å². The van der Waals surface area contributed by atoms with Crippen LogP contribution in [-0.2, 0) is 25.7 Å². The highest BCUT2D eigenvalue weighted by Crippen LogP contribution is 2.37. The maximum absolute atomic E-state index is 12.9. The van der Waals surface area contributed by atoms with Crippen LogP contribution < -0.4 is 4.74 Å². The fourth-order valence-electron chi connectivity index (χ4n) is 5.82. The predicted molar refractivity (Wildman–Crippen MR) is 162 cm³/mol. The normalized spacial score (nSPS) is 19.2. The molecule has 1 aliphatic carbocycles. The van der Waals surface area contributed by atoms with Gasteiger partial charge in [-0.1, -0.05) is 36.8 Å². The molecule has 2 aliphatic heterocycles. The Morgan fingerprint density at radius 1 is 0.689 bits per heavy atom. The summed E-state index contributed by atoms with van der Waals surface area (Å²) in [6, 6.07) is 18.3. The Kier molecular flexibility index (Phi) is 13.8. The molecule has 13 nitrogen and oxygen atoms in total. The summed E-state index contributed by atoms with van der Waals surface area (Å²) < 4.78 is 5.95. The van der Waals surface area contributed by atoms with Crippen LogP contribution in [-0.4, -0.2) is 117 Å². The predicted octanol–water partition coefficient (Wildman–Crippen LogP) is 2.46. The SMILES string of the molecule is O=C(O)C(=O)O.O=C(O)C(=O)O.O=C(c1ccc(OCCCN2CC3CCCC3C2)cc1)N1CCN(Cc2ccccc2)CC1. The number of piperazine rings is 1. The average molecular weight is 628 g/mol. The summed E-state index contributed by atoms with van der Waals surface area (Å²) in [5.74, 6) is -4.39. The van der Waals surface area contributed by atoms with E-state index in [1.807, 2.05) is 29.2 Å². The van der Waals surface area contributed by atoms with Gasteiger partial charge in [0.1, 0.15) is 5.75 Å². The second-order valence-corrected chi connectivity index (χ2v) is 11.2. The number of rotatable bonds is 8. The average Bonchev–Trinajstić information content (AvgIpc) is 3.63. The largest absolute Gasteiger partial charge is 0.494 e. The molecule has 244 valence electrons. The van der Waals surface area contributed by atoms with Crippen LogP contribution in [0, 0.1) is 11.8 Å². The Bertz CT molecular complexity index is 1220. The number of hydrogen-bond donors (Lipinski definition) is 4. The highest BCUT2D eigenvalue weighted by molar-refractivity contribution is 6.27. The molecule has 4 N–H and O–H groups in total. The standard InChI is InChI=1S/C28H37N3O2.2C2H2O4/c32-28(31-17-15-29(16-18-31)20-23-6-2-1-3-7-23)24-10-12-27(13-11-24)33-19-5-14-30-21-25-8-4-9-26(25)22-30;2*3-1(4)2(5)6/h1-3,6-7,10-13,25-26H,4-5,8-9,14-22H2;2*(H,3,4)(H,5,6). The number of ether oxygens (including phenoxy) is 1. The van der Waals surface area contributed by atoms with Crippen LogP contribution in [0.4, 0.5) is 0 Å². The van der Waals surface area contributed by atoms with Crippen LogP contribution in [0.3, 0.4) is 0 Å². The van der Waals surface area contributed by atoms with Crippen LogP contribution in [0.2, 0.25) is 0 Å². The van der Waals surface area contributed by atoms with Crippen molar-refractivity contribution in [3.8, 4) is 5.75 Å². The highest BCUT2D eigenvalue weighted by Gasteiger charge is 2.35. The van der Waals surface area contributed by atoms with Gasteiger partial charge < -0.3 is 35.0 Å². The van der Waals surface area contributed by atoms with E-state index >= 15 is 0 Å². The zero-order valence-corrected chi connectivity index (χ0v) is 25.1.